The van der Waals surface area contributed by atoms with Crippen LogP contribution < -0.4 is 5.32 Å². The summed E-state index contributed by atoms with van der Waals surface area (Å²) in [5.74, 6) is 0.0782. The van der Waals surface area contributed by atoms with Crippen molar-refractivity contribution in [1.82, 2.24) is 10.2 Å². The Kier molecular flexibility index (Phi) is 4.45. The van der Waals surface area contributed by atoms with Crippen molar-refractivity contribution in [2.75, 3.05) is 26.2 Å². The van der Waals surface area contributed by atoms with Crippen molar-refractivity contribution in [3.05, 3.63) is 23.1 Å². The summed E-state index contributed by atoms with van der Waals surface area (Å²) < 4.78 is 5.02. The second kappa shape index (κ2) is 6.07. The van der Waals surface area contributed by atoms with E-state index in [1.807, 2.05) is 0 Å². The number of hydrogen-bond donors (Lipinski definition) is 1. The number of furan rings is 1. The highest BCUT2D eigenvalue weighted by atomic mass is 35.5. The van der Waals surface area contributed by atoms with Gasteiger partial charge in [0.25, 0.3) is 5.91 Å². The van der Waals surface area contributed by atoms with Crippen LogP contribution >= 0.6 is 11.6 Å². The van der Waals surface area contributed by atoms with Crippen LogP contribution in [0.15, 0.2) is 16.5 Å². The fourth-order valence-electron chi connectivity index (χ4n) is 2.03. The number of rotatable bonds is 5. The number of amides is 1. The third-order valence-corrected chi connectivity index (χ3v) is 3.14. The molecule has 1 fully saturated rings. The van der Waals surface area contributed by atoms with Gasteiger partial charge in [-0.2, -0.15) is 0 Å². The van der Waals surface area contributed by atoms with E-state index < -0.39 is 0 Å². The first-order chi connectivity index (χ1) is 8.25. The van der Waals surface area contributed by atoms with Crippen molar-refractivity contribution in [3.8, 4) is 0 Å². The molecular formula is C12H17ClN2O2. The first-order valence-corrected chi connectivity index (χ1v) is 6.39. The summed E-state index contributed by atoms with van der Waals surface area (Å²) in [6.45, 7) is 4.12. The molecule has 17 heavy (non-hydrogen) atoms. The van der Waals surface area contributed by atoms with Crippen LogP contribution in [0.2, 0.25) is 5.22 Å². The smallest absolute Gasteiger partial charge is 0.287 e. The van der Waals surface area contributed by atoms with Gasteiger partial charge in [0.15, 0.2) is 11.0 Å². The van der Waals surface area contributed by atoms with E-state index in [2.05, 4.69) is 10.2 Å². The number of hydrogen-bond acceptors (Lipinski definition) is 3. The van der Waals surface area contributed by atoms with Crippen LogP contribution in [0, 0.1) is 0 Å². The maximum Gasteiger partial charge on any atom is 0.287 e. The average Bonchev–Trinajstić information content (AvgIpc) is 2.95. The monoisotopic (exact) mass is 256 g/mol. The normalized spacial score (nSPS) is 16.3. The molecule has 0 aliphatic carbocycles. The zero-order chi connectivity index (χ0) is 12.1. The van der Waals surface area contributed by atoms with E-state index in [0.717, 1.165) is 13.0 Å². The lowest BCUT2D eigenvalue weighted by molar-refractivity contribution is 0.0924. The van der Waals surface area contributed by atoms with Gasteiger partial charge in [0.05, 0.1) is 0 Å². The van der Waals surface area contributed by atoms with Gasteiger partial charge < -0.3 is 14.6 Å². The minimum atomic E-state index is -0.196. The maximum atomic E-state index is 11.6. The highest BCUT2D eigenvalue weighted by molar-refractivity contribution is 6.29. The molecule has 0 atom stereocenters. The van der Waals surface area contributed by atoms with E-state index in [1.54, 1.807) is 12.1 Å². The first-order valence-electron chi connectivity index (χ1n) is 6.01. The first kappa shape index (κ1) is 12.5. The molecule has 4 nitrogen and oxygen atoms in total. The molecule has 1 aromatic heterocycles. The highest BCUT2D eigenvalue weighted by Crippen LogP contribution is 2.12. The lowest BCUT2D eigenvalue weighted by atomic mass is 10.3. The van der Waals surface area contributed by atoms with E-state index in [4.69, 9.17) is 16.0 Å². The van der Waals surface area contributed by atoms with Crippen molar-refractivity contribution in [3.63, 3.8) is 0 Å². The molecule has 1 aliphatic rings. The van der Waals surface area contributed by atoms with E-state index in [0.29, 0.717) is 6.54 Å². The second-order valence-corrected chi connectivity index (χ2v) is 4.63. The largest absolute Gasteiger partial charge is 0.440 e. The molecule has 5 heteroatoms. The minimum absolute atomic E-state index is 0.196. The number of carbonyl (C=O) groups is 1. The summed E-state index contributed by atoms with van der Waals surface area (Å²) >= 11 is 5.60. The fraction of sp³-hybridized carbons (Fsp3) is 0.583. The Labute approximate surface area is 106 Å². The molecule has 1 aliphatic heterocycles. The fourth-order valence-corrected chi connectivity index (χ4v) is 2.18. The van der Waals surface area contributed by atoms with Gasteiger partial charge in [-0.3, -0.25) is 4.79 Å². The third-order valence-electron chi connectivity index (χ3n) is 2.93. The van der Waals surface area contributed by atoms with Gasteiger partial charge in [0.2, 0.25) is 0 Å². The van der Waals surface area contributed by atoms with E-state index in [1.165, 1.54) is 25.9 Å². The number of nitrogens with zero attached hydrogens (tertiary/aromatic N) is 1. The molecular weight excluding hydrogens is 240 g/mol. The predicted molar refractivity (Wildman–Crippen MR) is 66.3 cm³/mol. The van der Waals surface area contributed by atoms with Crippen LogP contribution in [0.5, 0.6) is 0 Å². The van der Waals surface area contributed by atoms with Crippen LogP contribution in [0.25, 0.3) is 0 Å². The molecule has 0 aromatic carbocycles. The summed E-state index contributed by atoms with van der Waals surface area (Å²) in [4.78, 5) is 14.0. The van der Waals surface area contributed by atoms with E-state index in [9.17, 15) is 4.79 Å². The average molecular weight is 257 g/mol. The van der Waals surface area contributed by atoms with Crippen LogP contribution in [-0.4, -0.2) is 37.0 Å². The number of nitrogens with one attached hydrogen (secondary N) is 1. The van der Waals surface area contributed by atoms with Crippen LogP contribution in [-0.2, 0) is 0 Å². The standard InChI is InChI=1S/C12H17ClN2O2/c13-11-5-4-10(17-11)12(16)14-6-3-9-15-7-1-2-8-15/h4-5H,1-3,6-9H2,(H,14,16). The minimum Gasteiger partial charge on any atom is -0.440 e. The topological polar surface area (TPSA) is 45.5 Å². The lowest BCUT2D eigenvalue weighted by Gasteiger charge is -2.13. The van der Waals surface area contributed by atoms with Crippen LogP contribution in [0.3, 0.4) is 0 Å². The van der Waals surface area contributed by atoms with Crippen molar-refractivity contribution in [1.29, 1.82) is 0 Å². The summed E-state index contributed by atoms with van der Waals surface area (Å²) in [5.41, 5.74) is 0. The van der Waals surface area contributed by atoms with Gasteiger partial charge in [-0.1, -0.05) is 0 Å². The zero-order valence-corrected chi connectivity index (χ0v) is 10.5. The molecule has 0 bridgehead atoms. The van der Waals surface area contributed by atoms with Gasteiger partial charge in [0.1, 0.15) is 0 Å². The summed E-state index contributed by atoms with van der Waals surface area (Å²) in [6, 6.07) is 3.15. The molecule has 2 rings (SSSR count). The van der Waals surface area contributed by atoms with Crippen LogP contribution in [0.4, 0.5) is 0 Å². The molecule has 1 amide bonds. The molecule has 0 radical (unpaired) electrons. The van der Waals surface area contributed by atoms with Gasteiger partial charge >= 0.3 is 0 Å². The van der Waals surface area contributed by atoms with Gasteiger partial charge in [0, 0.05) is 6.54 Å². The number of carbonyl (C=O) groups excluding carboxylic acids is 1. The predicted octanol–water partition coefficient (Wildman–Crippen LogP) is 2.15. The van der Waals surface area contributed by atoms with E-state index in [-0.39, 0.29) is 16.9 Å². The number of halogens is 1. The Bertz CT molecular complexity index is 372. The Morgan fingerprint density at radius 1 is 1.41 bits per heavy atom. The molecule has 1 aromatic rings. The second-order valence-electron chi connectivity index (χ2n) is 4.26. The van der Waals surface area contributed by atoms with E-state index >= 15 is 0 Å². The van der Waals surface area contributed by atoms with Gasteiger partial charge in [-0.25, -0.2) is 0 Å². The molecule has 2 heterocycles. The molecule has 1 saturated heterocycles. The van der Waals surface area contributed by atoms with Crippen LogP contribution in [0.1, 0.15) is 29.8 Å². The summed E-state index contributed by atoms with van der Waals surface area (Å²) in [5, 5.41) is 3.06. The zero-order valence-electron chi connectivity index (χ0n) is 9.75. The van der Waals surface area contributed by atoms with Gasteiger partial charge in [-0.15, -0.1) is 0 Å². The highest BCUT2D eigenvalue weighted by Gasteiger charge is 2.12. The van der Waals surface area contributed by atoms with Crippen molar-refractivity contribution in [2.45, 2.75) is 19.3 Å². The molecule has 0 unspecified atom stereocenters. The third kappa shape index (κ3) is 3.75. The summed E-state index contributed by atoms with van der Waals surface area (Å²) in [6.07, 6.45) is 3.58. The SMILES string of the molecule is O=C(NCCCN1CCCC1)c1ccc(Cl)o1. The lowest BCUT2D eigenvalue weighted by Crippen LogP contribution is -2.28. The Morgan fingerprint density at radius 2 is 2.18 bits per heavy atom. The molecule has 94 valence electrons. The van der Waals surface area contributed by atoms with Crippen molar-refractivity contribution >= 4 is 17.5 Å². The van der Waals surface area contributed by atoms with Gasteiger partial charge in [-0.05, 0) is 62.6 Å². The molecule has 1 N–H and O–H groups in total. The maximum absolute atomic E-state index is 11.6. The summed E-state index contributed by atoms with van der Waals surface area (Å²) in [7, 11) is 0. The number of likely N-dealkylation sites (tertiary alicyclic amines) is 1. The van der Waals surface area contributed by atoms with Crippen molar-refractivity contribution < 1.29 is 9.21 Å². The Balaban J connectivity index is 1.63. The Hall–Kier alpha value is -1.00. The quantitative estimate of drug-likeness (QED) is 0.821. The Morgan fingerprint density at radius 3 is 2.82 bits per heavy atom. The van der Waals surface area contributed by atoms with Crippen molar-refractivity contribution in [2.24, 2.45) is 0 Å². The molecule has 0 spiro atoms. The molecule has 0 saturated carbocycles.